The average molecular weight is 272 g/mol. The first-order valence-electron chi connectivity index (χ1n) is 6.92. The number of aliphatic carboxylic acids is 1. The lowest BCUT2D eigenvalue weighted by atomic mass is 9.76. The van der Waals surface area contributed by atoms with Crippen molar-refractivity contribution in [2.45, 2.75) is 45.1 Å². The van der Waals surface area contributed by atoms with Gasteiger partial charge in [-0.3, -0.25) is 4.79 Å². The number of hydrogen-bond acceptors (Lipinski definition) is 4. The van der Waals surface area contributed by atoms with E-state index < -0.39 is 12.1 Å². The number of rotatable bonds is 7. The Kier molecular flexibility index (Phi) is 6.24. The van der Waals surface area contributed by atoms with Crippen LogP contribution in [0.5, 0.6) is 0 Å². The highest BCUT2D eigenvalue weighted by Gasteiger charge is 2.38. The SMILES string of the molecule is CCCC1(C(=O)NCCC(O)C(=O)O)CCCNC1. The standard InChI is InChI=1S/C13H24N2O4/c1-2-5-13(6-3-7-14-9-13)12(19)15-8-4-10(16)11(17)18/h10,14,16H,2-9H2,1H3,(H,15,19)(H,17,18). The Morgan fingerprint density at radius 2 is 2.21 bits per heavy atom. The molecule has 1 amide bonds. The van der Waals surface area contributed by atoms with Crippen LogP contribution in [0.4, 0.5) is 0 Å². The van der Waals surface area contributed by atoms with Crippen LogP contribution in [-0.4, -0.2) is 47.8 Å². The van der Waals surface area contributed by atoms with Gasteiger partial charge in [0.2, 0.25) is 5.91 Å². The van der Waals surface area contributed by atoms with Crippen LogP contribution in [0, 0.1) is 5.41 Å². The molecule has 0 radical (unpaired) electrons. The van der Waals surface area contributed by atoms with Gasteiger partial charge in [-0.25, -0.2) is 4.79 Å². The van der Waals surface area contributed by atoms with Gasteiger partial charge in [-0.15, -0.1) is 0 Å². The Labute approximate surface area is 113 Å². The summed E-state index contributed by atoms with van der Waals surface area (Å²) in [5.74, 6) is -1.28. The summed E-state index contributed by atoms with van der Waals surface area (Å²) in [6.45, 7) is 3.86. The molecule has 0 saturated carbocycles. The molecule has 0 aromatic rings. The topological polar surface area (TPSA) is 98.7 Å². The second-order valence-corrected chi connectivity index (χ2v) is 5.21. The number of hydrogen-bond donors (Lipinski definition) is 4. The Balaban J connectivity index is 2.46. The van der Waals surface area contributed by atoms with Gasteiger partial charge >= 0.3 is 5.97 Å². The molecule has 1 saturated heterocycles. The zero-order chi connectivity index (χ0) is 14.3. The summed E-state index contributed by atoms with van der Waals surface area (Å²) < 4.78 is 0. The summed E-state index contributed by atoms with van der Waals surface area (Å²) in [6, 6.07) is 0. The van der Waals surface area contributed by atoms with Gasteiger partial charge in [0.1, 0.15) is 0 Å². The van der Waals surface area contributed by atoms with Crippen molar-refractivity contribution < 1.29 is 19.8 Å². The molecule has 2 unspecified atom stereocenters. The van der Waals surface area contributed by atoms with Crippen LogP contribution in [0.25, 0.3) is 0 Å². The van der Waals surface area contributed by atoms with E-state index >= 15 is 0 Å². The van der Waals surface area contributed by atoms with Crippen molar-refractivity contribution in [2.24, 2.45) is 5.41 Å². The second-order valence-electron chi connectivity index (χ2n) is 5.21. The van der Waals surface area contributed by atoms with Crippen molar-refractivity contribution >= 4 is 11.9 Å². The van der Waals surface area contributed by atoms with Crippen LogP contribution in [0.1, 0.15) is 39.0 Å². The highest BCUT2D eigenvalue weighted by atomic mass is 16.4. The molecule has 0 bridgehead atoms. The number of amides is 1. The summed E-state index contributed by atoms with van der Waals surface area (Å²) in [4.78, 5) is 22.8. The predicted octanol–water partition coefficient (Wildman–Crippen LogP) is 0.108. The lowest BCUT2D eigenvalue weighted by Crippen LogP contribution is -2.50. The van der Waals surface area contributed by atoms with E-state index in [1.54, 1.807) is 0 Å². The number of carbonyl (C=O) groups is 2. The van der Waals surface area contributed by atoms with Crippen LogP contribution in [0.3, 0.4) is 0 Å². The highest BCUT2D eigenvalue weighted by molar-refractivity contribution is 5.83. The molecule has 0 aromatic heterocycles. The summed E-state index contributed by atoms with van der Waals surface area (Å²) in [5.41, 5.74) is -0.374. The molecule has 4 N–H and O–H groups in total. The van der Waals surface area contributed by atoms with E-state index in [-0.39, 0.29) is 24.3 Å². The largest absolute Gasteiger partial charge is 0.479 e. The summed E-state index contributed by atoms with van der Waals surface area (Å²) in [5, 5.41) is 23.7. The molecule has 1 heterocycles. The van der Waals surface area contributed by atoms with E-state index in [4.69, 9.17) is 10.2 Å². The predicted molar refractivity (Wildman–Crippen MR) is 70.7 cm³/mol. The number of aliphatic hydroxyl groups is 1. The smallest absolute Gasteiger partial charge is 0.332 e. The first kappa shape index (κ1) is 15.9. The number of piperidine rings is 1. The molecule has 6 nitrogen and oxygen atoms in total. The average Bonchev–Trinajstić information content (AvgIpc) is 2.39. The van der Waals surface area contributed by atoms with Gasteiger partial charge in [-0.05, 0) is 25.8 Å². The van der Waals surface area contributed by atoms with Gasteiger partial charge < -0.3 is 20.8 Å². The molecule has 2 atom stereocenters. The fourth-order valence-corrected chi connectivity index (χ4v) is 2.60. The van der Waals surface area contributed by atoms with Crippen LogP contribution >= 0.6 is 0 Å². The molecule has 0 spiro atoms. The van der Waals surface area contributed by atoms with E-state index in [1.807, 2.05) is 0 Å². The van der Waals surface area contributed by atoms with Crippen LogP contribution in [0.15, 0.2) is 0 Å². The van der Waals surface area contributed by atoms with Gasteiger partial charge in [0.15, 0.2) is 6.10 Å². The third-order valence-corrected chi connectivity index (χ3v) is 3.67. The number of carbonyl (C=O) groups excluding carboxylic acids is 1. The summed E-state index contributed by atoms with van der Waals surface area (Å²) >= 11 is 0. The zero-order valence-electron chi connectivity index (χ0n) is 11.4. The second kappa shape index (κ2) is 7.45. The molecule has 0 aromatic carbocycles. The van der Waals surface area contributed by atoms with Crippen molar-refractivity contribution in [3.8, 4) is 0 Å². The maximum absolute atomic E-state index is 12.3. The van der Waals surface area contributed by atoms with Gasteiger partial charge in [0, 0.05) is 19.5 Å². The monoisotopic (exact) mass is 272 g/mol. The van der Waals surface area contributed by atoms with Crippen molar-refractivity contribution in [1.82, 2.24) is 10.6 Å². The molecular formula is C13H24N2O4. The summed E-state index contributed by atoms with van der Waals surface area (Å²) in [7, 11) is 0. The van der Waals surface area contributed by atoms with Crippen LogP contribution in [0.2, 0.25) is 0 Å². The molecule has 1 aliphatic rings. The van der Waals surface area contributed by atoms with Gasteiger partial charge in [0.25, 0.3) is 0 Å². The molecule has 110 valence electrons. The van der Waals surface area contributed by atoms with E-state index in [1.165, 1.54) is 0 Å². The van der Waals surface area contributed by atoms with E-state index in [0.717, 1.165) is 32.2 Å². The fraction of sp³-hybridized carbons (Fsp3) is 0.846. The molecular weight excluding hydrogens is 248 g/mol. The Morgan fingerprint density at radius 3 is 2.74 bits per heavy atom. The van der Waals surface area contributed by atoms with Crippen LogP contribution in [-0.2, 0) is 9.59 Å². The number of carboxylic acid groups (broad SMARTS) is 1. The van der Waals surface area contributed by atoms with Crippen molar-refractivity contribution in [3.63, 3.8) is 0 Å². The normalized spacial score (nSPS) is 24.7. The van der Waals surface area contributed by atoms with E-state index in [2.05, 4.69) is 17.6 Å². The zero-order valence-corrected chi connectivity index (χ0v) is 11.4. The van der Waals surface area contributed by atoms with Gasteiger partial charge in [0.05, 0.1) is 5.41 Å². The lowest BCUT2D eigenvalue weighted by Gasteiger charge is -2.36. The van der Waals surface area contributed by atoms with E-state index in [9.17, 15) is 9.59 Å². The molecule has 6 heteroatoms. The number of aliphatic hydroxyl groups excluding tert-OH is 1. The quantitative estimate of drug-likeness (QED) is 0.527. The molecule has 1 aliphatic heterocycles. The fourth-order valence-electron chi connectivity index (χ4n) is 2.60. The molecule has 1 rings (SSSR count). The third kappa shape index (κ3) is 4.47. The van der Waals surface area contributed by atoms with E-state index in [0.29, 0.717) is 6.54 Å². The molecule has 19 heavy (non-hydrogen) atoms. The van der Waals surface area contributed by atoms with Crippen LogP contribution < -0.4 is 10.6 Å². The van der Waals surface area contributed by atoms with Gasteiger partial charge in [-0.2, -0.15) is 0 Å². The highest BCUT2D eigenvalue weighted by Crippen LogP contribution is 2.31. The third-order valence-electron chi connectivity index (χ3n) is 3.67. The lowest BCUT2D eigenvalue weighted by molar-refractivity contribution is -0.147. The van der Waals surface area contributed by atoms with Crippen molar-refractivity contribution in [1.29, 1.82) is 0 Å². The Bertz CT molecular complexity index is 308. The Morgan fingerprint density at radius 1 is 1.47 bits per heavy atom. The minimum absolute atomic E-state index is 0.0286. The van der Waals surface area contributed by atoms with Gasteiger partial charge in [-0.1, -0.05) is 13.3 Å². The van der Waals surface area contributed by atoms with Crippen molar-refractivity contribution in [2.75, 3.05) is 19.6 Å². The maximum atomic E-state index is 12.3. The minimum atomic E-state index is -1.41. The number of nitrogens with one attached hydrogen (secondary N) is 2. The molecule has 0 aliphatic carbocycles. The maximum Gasteiger partial charge on any atom is 0.332 e. The first-order chi connectivity index (χ1) is 9.02. The number of carboxylic acids is 1. The van der Waals surface area contributed by atoms with Crippen molar-refractivity contribution in [3.05, 3.63) is 0 Å². The minimum Gasteiger partial charge on any atom is -0.479 e. The summed E-state index contributed by atoms with van der Waals surface area (Å²) in [6.07, 6.45) is 2.23. The Hall–Kier alpha value is -1.14. The molecule has 1 fully saturated rings. The first-order valence-corrected chi connectivity index (χ1v) is 6.92.